The summed E-state index contributed by atoms with van der Waals surface area (Å²) in [5, 5.41) is 4.05. The van der Waals surface area contributed by atoms with E-state index in [1.807, 2.05) is 6.07 Å². The Morgan fingerprint density at radius 3 is 2.95 bits per heavy atom. The van der Waals surface area contributed by atoms with Gasteiger partial charge < -0.3 is 5.32 Å². The fourth-order valence-corrected chi connectivity index (χ4v) is 4.38. The van der Waals surface area contributed by atoms with Gasteiger partial charge in [-0.2, -0.15) is 0 Å². The van der Waals surface area contributed by atoms with E-state index in [0.717, 1.165) is 43.5 Å². The molecule has 2 aliphatic heterocycles. The Bertz CT molecular complexity index is 493. The summed E-state index contributed by atoms with van der Waals surface area (Å²) in [5.41, 5.74) is 1.04. The van der Waals surface area contributed by atoms with Crippen LogP contribution in [0.3, 0.4) is 0 Å². The Kier molecular flexibility index (Phi) is 4.02. The molecule has 1 N–H and O–H groups in total. The normalized spacial score (nSPS) is 31.5. The van der Waals surface area contributed by atoms with Crippen molar-refractivity contribution < 1.29 is 4.39 Å². The summed E-state index contributed by atoms with van der Waals surface area (Å²) in [6, 6.07) is 5.62. The van der Waals surface area contributed by atoms with E-state index < -0.39 is 0 Å². The Morgan fingerprint density at radius 1 is 1.45 bits per heavy atom. The first-order valence-electron chi connectivity index (χ1n) is 7.53. The maximum Gasteiger partial charge on any atom is 0.124 e. The lowest BCUT2D eigenvalue weighted by atomic mass is 9.92. The van der Waals surface area contributed by atoms with E-state index in [1.54, 1.807) is 0 Å². The molecule has 3 rings (SSSR count). The van der Waals surface area contributed by atoms with Crippen molar-refractivity contribution in [2.24, 2.45) is 11.8 Å². The molecule has 0 aromatic heterocycles. The second-order valence-electron chi connectivity index (χ2n) is 6.10. The van der Waals surface area contributed by atoms with Crippen LogP contribution in [-0.2, 0) is 0 Å². The number of nitrogens with one attached hydrogen (secondary N) is 1. The average molecular weight is 297 g/mol. The predicted molar refractivity (Wildman–Crippen MR) is 80.5 cm³/mol. The van der Waals surface area contributed by atoms with E-state index in [9.17, 15) is 4.39 Å². The molecule has 0 spiro atoms. The summed E-state index contributed by atoms with van der Waals surface area (Å²) in [6.07, 6.45) is 1.16. The molecule has 4 atom stereocenters. The molecule has 1 aromatic rings. The average Bonchev–Trinajstić information content (AvgIpc) is 2.97. The third-order valence-electron chi connectivity index (χ3n) is 5.09. The van der Waals surface area contributed by atoms with Gasteiger partial charge in [0, 0.05) is 23.7 Å². The maximum absolute atomic E-state index is 13.2. The first-order chi connectivity index (χ1) is 9.61. The molecular formula is C16H22ClFN2. The molecule has 0 bridgehead atoms. The number of likely N-dealkylation sites (tertiary alicyclic amines) is 1. The van der Waals surface area contributed by atoms with Crippen LogP contribution in [-0.4, -0.2) is 30.6 Å². The molecule has 4 heteroatoms. The highest BCUT2D eigenvalue weighted by molar-refractivity contribution is 6.31. The lowest BCUT2D eigenvalue weighted by Crippen LogP contribution is -2.37. The highest BCUT2D eigenvalue weighted by atomic mass is 35.5. The van der Waals surface area contributed by atoms with Gasteiger partial charge in [0.05, 0.1) is 0 Å². The quantitative estimate of drug-likeness (QED) is 0.919. The molecule has 4 unspecified atom stereocenters. The number of hydrogen-bond donors (Lipinski definition) is 1. The molecule has 2 heterocycles. The number of rotatable bonds is 3. The second kappa shape index (κ2) is 5.63. The summed E-state index contributed by atoms with van der Waals surface area (Å²) in [4.78, 5) is 2.56. The van der Waals surface area contributed by atoms with Gasteiger partial charge in [-0.05, 0) is 56.0 Å². The fourth-order valence-electron chi connectivity index (χ4n) is 4.06. The lowest BCUT2D eigenvalue weighted by molar-refractivity contribution is 0.165. The van der Waals surface area contributed by atoms with Gasteiger partial charge in [-0.3, -0.25) is 4.90 Å². The molecule has 1 aromatic carbocycles. The Labute approximate surface area is 125 Å². The van der Waals surface area contributed by atoms with Gasteiger partial charge in [-0.15, -0.1) is 0 Å². The van der Waals surface area contributed by atoms with Crippen LogP contribution < -0.4 is 5.32 Å². The van der Waals surface area contributed by atoms with Gasteiger partial charge in [0.1, 0.15) is 5.82 Å². The SMILES string of the molecule is CCC1C2CNCC2CN1C(C)c1ccc(F)cc1Cl. The first-order valence-corrected chi connectivity index (χ1v) is 7.91. The zero-order valence-electron chi connectivity index (χ0n) is 12.1. The minimum atomic E-state index is -0.263. The van der Waals surface area contributed by atoms with E-state index in [2.05, 4.69) is 24.1 Å². The summed E-state index contributed by atoms with van der Waals surface area (Å²) in [7, 11) is 0. The van der Waals surface area contributed by atoms with Gasteiger partial charge >= 0.3 is 0 Å². The Morgan fingerprint density at radius 2 is 2.25 bits per heavy atom. The van der Waals surface area contributed by atoms with E-state index in [4.69, 9.17) is 11.6 Å². The number of nitrogens with zero attached hydrogens (tertiary/aromatic N) is 1. The van der Waals surface area contributed by atoms with E-state index in [-0.39, 0.29) is 11.9 Å². The zero-order valence-corrected chi connectivity index (χ0v) is 12.8. The van der Waals surface area contributed by atoms with Crippen LogP contribution in [0.1, 0.15) is 31.9 Å². The van der Waals surface area contributed by atoms with Gasteiger partial charge in [-0.25, -0.2) is 4.39 Å². The van der Waals surface area contributed by atoms with E-state index in [0.29, 0.717) is 11.1 Å². The first kappa shape index (κ1) is 14.3. The van der Waals surface area contributed by atoms with Crippen molar-refractivity contribution in [3.63, 3.8) is 0 Å². The lowest BCUT2D eigenvalue weighted by Gasteiger charge is -2.33. The monoisotopic (exact) mass is 296 g/mol. The predicted octanol–water partition coefficient (Wildman–Crippen LogP) is 3.47. The highest BCUT2D eigenvalue weighted by Gasteiger charge is 2.44. The molecule has 2 nitrogen and oxygen atoms in total. The number of benzene rings is 1. The fraction of sp³-hybridized carbons (Fsp3) is 0.625. The summed E-state index contributed by atoms with van der Waals surface area (Å²) in [5.74, 6) is 1.24. The van der Waals surface area contributed by atoms with Crippen LogP contribution >= 0.6 is 11.6 Å². The Hall–Kier alpha value is -0.640. The maximum atomic E-state index is 13.2. The van der Waals surface area contributed by atoms with E-state index in [1.165, 1.54) is 12.1 Å². The number of fused-ring (bicyclic) bond motifs is 1. The van der Waals surface area contributed by atoms with Crippen molar-refractivity contribution in [1.82, 2.24) is 10.2 Å². The molecule has 20 heavy (non-hydrogen) atoms. The van der Waals surface area contributed by atoms with E-state index >= 15 is 0 Å². The second-order valence-corrected chi connectivity index (χ2v) is 6.50. The molecule has 0 amide bonds. The van der Waals surface area contributed by atoms with Crippen molar-refractivity contribution in [3.8, 4) is 0 Å². The van der Waals surface area contributed by atoms with Crippen LogP contribution in [0.4, 0.5) is 4.39 Å². The minimum absolute atomic E-state index is 0.249. The Balaban J connectivity index is 1.84. The van der Waals surface area contributed by atoms with Gasteiger partial charge in [0.2, 0.25) is 0 Å². The molecule has 2 fully saturated rings. The molecule has 0 radical (unpaired) electrons. The van der Waals surface area contributed by atoms with Crippen molar-refractivity contribution in [2.45, 2.75) is 32.4 Å². The molecule has 2 saturated heterocycles. The molecular weight excluding hydrogens is 275 g/mol. The topological polar surface area (TPSA) is 15.3 Å². The van der Waals surface area contributed by atoms with Crippen LogP contribution in [0.15, 0.2) is 18.2 Å². The summed E-state index contributed by atoms with van der Waals surface area (Å²) in [6.45, 7) is 7.82. The van der Waals surface area contributed by atoms with Crippen molar-refractivity contribution >= 4 is 11.6 Å². The molecule has 0 saturated carbocycles. The third-order valence-corrected chi connectivity index (χ3v) is 5.41. The van der Waals surface area contributed by atoms with Crippen molar-refractivity contribution in [2.75, 3.05) is 19.6 Å². The smallest absolute Gasteiger partial charge is 0.124 e. The standard InChI is InChI=1S/C16H22ClFN2/c1-3-16-14-8-19-7-11(14)9-20(16)10(2)13-5-4-12(18)6-15(13)17/h4-6,10-11,14,16,19H,3,7-9H2,1-2H3. The van der Waals surface area contributed by atoms with Gasteiger partial charge in [-0.1, -0.05) is 24.6 Å². The summed E-state index contributed by atoms with van der Waals surface area (Å²) < 4.78 is 13.2. The van der Waals surface area contributed by atoms with Crippen LogP contribution in [0.25, 0.3) is 0 Å². The molecule has 0 aliphatic carbocycles. The van der Waals surface area contributed by atoms with Crippen LogP contribution in [0.5, 0.6) is 0 Å². The zero-order chi connectivity index (χ0) is 14.3. The minimum Gasteiger partial charge on any atom is -0.316 e. The van der Waals surface area contributed by atoms with Gasteiger partial charge in [0.15, 0.2) is 0 Å². The summed E-state index contributed by atoms with van der Waals surface area (Å²) >= 11 is 6.24. The van der Waals surface area contributed by atoms with Crippen LogP contribution in [0, 0.1) is 17.7 Å². The van der Waals surface area contributed by atoms with Crippen molar-refractivity contribution in [1.29, 1.82) is 0 Å². The molecule has 2 aliphatic rings. The third kappa shape index (κ3) is 2.36. The van der Waals surface area contributed by atoms with Crippen molar-refractivity contribution in [3.05, 3.63) is 34.6 Å². The number of hydrogen-bond acceptors (Lipinski definition) is 2. The van der Waals surface area contributed by atoms with Crippen LogP contribution in [0.2, 0.25) is 5.02 Å². The highest BCUT2D eigenvalue weighted by Crippen LogP contribution is 2.40. The number of halogens is 2. The van der Waals surface area contributed by atoms with Gasteiger partial charge in [0.25, 0.3) is 0 Å². The molecule has 110 valence electrons. The largest absolute Gasteiger partial charge is 0.316 e.